The smallest absolute Gasteiger partial charge is 0.319 e. The largest absolute Gasteiger partial charge is 0.494 e. The molecule has 1 saturated heterocycles. The number of ether oxygens (including phenoxy) is 2. The average molecular weight is 400 g/mol. The Morgan fingerprint density at radius 1 is 1.10 bits per heavy atom. The Bertz CT molecular complexity index is 772. The molecule has 2 N–H and O–H groups in total. The van der Waals surface area contributed by atoms with Crippen molar-refractivity contribution in [3.63, 3.8) is 0 Å². The van der Waals surface area contributed by atoms with Crippen molar-refractivity contribution < 1.29 is 18.7 Å². The Hall–Kier alpha value is -2.60. The maximum absolute atomic E-state index is 13.3. The third kappa shape index (κ3) is 5.94. The van der Waals surface area contributed by atoms with Crippen LogP contribution in [0.15, 0.2) is 48.5 Å². The summed E-state index contributed by atoms with van der Waals surface area (Å²) in [6, 6.07) is 13.6. The van der Waals surface area contributed by atoms with E-state index in [-0.39, 0.29) is 17.3 Å². The molecule has 6 heteroatoms. The van der Waals surface area contributed by atoms with Crippen LogP contribution in [0.3, 0.4) is 0 Å². The standard InChI is InChI=1S/C23H29FN2O3/c1-2-3-14-29-21-10-8-20(9-11-21)26-22(27)25-17-23(12-15-28-16-13-23)18-4-6-19(24)7-5-18/h4-11H,2-3,12-17H2,1H3,(H2,25,26,27). The molecule has 0 saturated carbocycles. The lowest BCUT2D eigenvalue weighted by Gasteiger charge is -2.38. The van der Waals surface area contributed by atoms with Crippen molar-refractivity contribution in [3.8, 4) is 5.75 Å². The summed E-state index contributed by atoms with van der Waals surface area (Å²) in [4.78, 5) is 12.4. The van der Waals surface area contributed by atoms with Gasteiger partial charge in [-0.1, -0.05) is 25.5 Å². The summed E-state index contributed by atoms with van der Waals surface area (Å²) >= 11 is 0. The number of carbonyl (C=O) groups is 1. The molecule has 1 fully saturated rings. The third-order valence-corrected chi connectivity index (χ3v) is 5.37. The number of hydrogen-bond donors (Lipinski definition) is 2. The van der Waals surface area contributed by atoms with Gasteiger partial charge in [-0.2, -0.15) is 0 Å². The highest BCUT2D eigenvalue weighted by Crippen LogP contribution is 2.34. The Balaban J connectivity index is 1.57. The first-order valence-corrected chi connectivity index (χ1v) is 10.2. The summed E-state index contributed by atoms with van der Waals surface area (Å²) < 4.78 is 24.5. The van der Waals surface area contributed by atoms with Crippen LogP contribution in [0.4, 0.5) is 14.9 Å². The van der Waals surface area contributed by atoms with Gasteiger partial charge in [-0.3, -0.25) is 0 Å². The van der Waals surface area contributed by atoms with Crippen LogP contribution in [0, 0.1) is 5.82 Å². The Morgan fingerprint density at radius 3 is 2.45 bits per heavy atom. The van der Waals surface area contributed by atoms with E-state index in [4.69, 9.17) is 9.47 Å². The van der Waals surface area contributed by atoms with Crippen molar-refractivity contribution in [2.45, 2.75) is 38.0 Å². The highest BCUT2D eigenvalue weighted by molar-refractivity contribution is 5.89. The molecule has 156 valence electrons. The molecule has 0 aromatic heterocycles. The van der Waals surface area contributed by atoms with Crippen LogP contribution in [0.2, 0.25) is 0 Å². The maximum atomic E-state index is 13.3. The summed E-state index contributed by atoms with van der Waals surface area (Å²) in [6.07, 6.45) is 3.67. The molecule has 5 nitrogen and oxygen atoms in total. The SMILES string of the molecule is CCCCOc1ccc(NC(=O)NCC2(c3ccc(F)cc3)CCOCC2)cc1. The van der Waals surface area contributed by atoms with Crippen LogP contribution in [0.5, 0.6) is 5.75 Å². The fourth-order valence-electron chi connectivity index (χ4n) is 3.53. The highest BCUT2D eigenvalue weighted by Gasteiger charge is 2.34. The molecule has 0 atom stereocenters. The van der Waals surface area contributed by atoms with E-state index in [9.17, 15) is 9.18 Å². The summed E-state index contributed by atoms with van der Waals surface area (Å²) in [5.41, 5.74) is 1.48. The Morgan fingerprint density at radius 2 is 1.79 bits per heavy atom. The summed E-state index contributed by atoms with van der Waals surface area (Å²) in [6.45, 7) is 4.53. The molecular formula is C23H29FN2O3. The molecule has 1 aliphatic rings. The van der Waals surface area contributed by atoms with Crippen molar-refractivity contribution >= 4 is 11.7 Å². The van der Waals surface area contributed by atoms with E-state index in [1.54, 1.807) is 12.1 Å². The second kappa shape index (κ2) is 10.3. The number of amides is 2. The van der Waals surface area contributed by atoms with Gasteiger partial charge in [0.2, 0.25) is 0 Å². The first-order valence-electron chi connectivity index (χ1n) is 10.2. The summed E-state index contributed by atoms with van der Waals surface area (Å²) in [7, 11) is 0. The first kappa shape index (κ1) is 21.1. The van der Waals surface area contributed by atoms with E-state index in [2.05, 4.69) is 17.6 Å². The van der Waals surface area contributed by atoms with Gasteiger partial charge in [0.15, 0.2) is 0 Å². The molecule has 0 spiro atoms. The number of unbranched alkanes of at least 4 members (excludes halogenated alkanes) is 1. The zero-order chi connectivity index (χ0) is 20.5. The minimum absolute atomic E-state index is 0.250. The van der Waals surface area contributed by atoms with Gasteiger partial charge in [0, 0.05) is 30.9 Å². The molecule has 2 aromatic rings. The molecule has 0 radical (unpaired) electrons. The lowest BCUT2D eigenvalue weighted by atomic mass is 9.74. The van der Waals surface area contributed by atoms with Gasteiger partial charge in [0.05, 0.1) is 6.61 Å². The molecule has 0 unspecified atom stereocenters. The van der Waals surface area contributed by atoms with Gasteiger partial charge in [0.25, 0.3) is 0 Å². The maximum Gasteiger partial charge on any atom is 0.319 e. The summed E-state index contributed by atoms with van der Waals surface area (Å²) in [5, 5.41) is 5.84. The number of rotatable bonds is 8. The fraction of sp³-hybridized carbons (Fsp3) is 0.435. The molecule has 2 amide bonds. The topological polar surface area (TPSA) is 59.6 Å². The first-order chi connectivity index (χ1) is 14.1. The lowest BCUT2D eigenvalue weighted by molar-refractivity contribution is 0.0508. The van der Waals surface area contributed by atoms with E-state index < -0.39 is 0 Å². The molecule has 1 aliphatic heterocycles. The zero-order valence-electron chi connectivity index (χ0n) is 16.9. The zero-order valence-corrected chi connectivity index (χ0v) is 16.9. The van der Waals surface area contributed by atoms with Crippen molar-refractivity contribution in [2.75, 3.05) is 31.7 Å². The van der Waals surface area contributed by atoms with Crippen LogP contribution in [-0.4, -0.2) is 32.4 Å². The molecule has 29 heavy (non-hydrogen) atoms. The molecule has 1 heterocycles. The van der Waals surface area contributed by atoms with Gasteiger partial charge in [-0.25, -0.2) is 9.18 Å². The number of nitrogens with one attached hydrogen (secondary N) is 2. The number of carbonyl (C=O) groups excluding carboxylic acids is 1. The molecule has 0 bridgehead atoms. The number of benzene rings is 2. The van der Waals surface area contributed by atoms with E-state index >= 15 is 0 Å². The van der Waals surface area contributed by atoms with E-state index in [0.717, 1.165) is 37.0 Å². The number of urea groups is 1. The van der Waals surface area contributed by atoms with Gasteiger partial charge >= 0.3 is 6.03 Å². The van der Waals surface area contributed by atoms with Crippen LogP contribution in [0.25, 0.3) is 0 Å². The minimum Gasteiger partial charge on any atom is -0.494 e. The van der Waals surface area contributed by atoms with Gasteiger partial charge in [0.1, 0.15) is 11.6 Å². The van der Waals surface area contributed by atoms with Crippen LogP contribution >= 0.6 is 0 Å². The second-order valence-electron chi connectivity index (χ2n) is 7.43. The van der Waals surface area contributed by atoms with Gasteiger partial charge in [-0.15, -0.1) is 0 Å². The Kier molecular flexibility index (Phi) is 7.47. The number of hydrogen-bond acceptors (Lipinski definition) is 3. The average Bonchev–Trinajstić information content (AvgIpc) is 2.75. The van der Waals surface area contributed by atoms with Crippen molar-refractivity contribution in [3.05, 3.63) is 59.9 Å². The van der Waals surface area contributed by atoms with E-state index in [1.165, 1.54) is 12.1 Å². The third-order valence-electron chi connectivity index (χ3n) is 5.37. The normalized spacial score (nSPS) is 15.5. The lowest BCUT2D eigenvalue weighted by Crippen LogP contribution is -2.45. The quantitative estimate of drug-likeness (QED) is 0.621. The monoisotopic (exact) mass is 400 g/mol. The van der Waals surface area contributed by atoms with Crippen LogP contribution in [-0.2, 0) is 10.2 Å². The predicted molar refractivity (Wildman–Crippen MR) is 112 cm³/mol. The number of halogens is 1. The van der Waals surface area contributed by atoms with Crippen molar-refractivity contribution in [2.24, 2.45) is 0 Å². The van der Waals surface area contributed by atoms with Crippen molar-refractivity contribution in [1.82, 2.24) is 5.32 Å². The molecular weight excluding hydrogens is 371 g/mol. The van der Waals surface area contributed by atoms with E-state index in [1.807, 2.05) is 24.3 Å². The van der Waals surface area contributed by atoms with Crippen molar-refractivity contribution in [1.29, 1.82) is 0 Å². The van der Waals surface area contributed by atoms with Crippen LogP contribution in [0.1, 0.15) is 38.2 Å². The summed E-state index contributed by atoms with van der Waals surface area (Å²) in [5.74, 6) is 0.533. The highest BCUT2D eigenvalue weighted by atomic mass is 19.1. The number of anilines is 1. The van der Waals surface area contributed by atoms with Crippen LogP contribution < -0.4 is 15.4 Å². The van der Waals surface area contributed by atoms with E-state index in [0.29, 0.717) is 32.1 Å². The minimum atomic E-state index is -0.266. The predicted octanol–water partition coefficient (Wildman–Crippen LogP) is 4.87. The molecule has 2 aromatic carbocycles. The van der Waals surface area contributed by atoms with Gasteiger partial charge in [-0.05, 0) is 61.2 Å². The molecule has 0 aliphatic carbocycles. The fourth-order valence-corrected chi connectivity index (χ4v) is 3.53. The molecule has 3 rings (SSSR count). The van der Waals surface area contributed by atoms with Gasteiger partial charge < -0.3 is 20.1 Å². The Labute approximate surface area is 171 Å². The second-order valence-corrected chi connectivity index (χ2v) is 7.43.